The van der Waals surface area contributed by atoms with Crippen LogP contribution in [0.1, 0.15) is 23.6 Å². The maximum absolute atomic E-state index is 13.4. The highest BCUT2D eigenvalue weighted by atomic mass is 16.3. The van der Waals surface area contributed by atoms with Crippen LogP contribution in [0, 0.1) is 0 Å². The Bertz CT molecular complexity index is 937. The van der Waals surface area contributed by atoms with Gasteiger partial charge in [-0.3, -0.25) is 9.69 Å². The van der Waals surface area contributed by atoms with Gasteiger partial charge in [-0.15, -0.1) is 0 Å². The van der Waals surface area contributed by atoms with Crippen LogP contribution in [0.3, 0.4) is 0 Å². The average Bonchev–Trinajstić information content (AvgIpc) is 2.89. The van der Waals surface area contributed by atoms with Gasteiger partial charge in [0.25, 0.3) is 0 Å². The third kappa shape index (κ3) is 5.97. The second kappa shape index (κ2) is 11.6. The SMILES string of the molecule is O=C(CN(CCCO)C(c1ccccc1)c1ccccc1)N1CCN(c2ccccn2)CC1. The highest BCUT2D eigenvalue weighted by Crippen LogP contribution is 2.29. The molecule has 2 aromatic carbocycles. The van der Waals surface area contributed by atoms with Crippen LogP contribution in [-0.2, 0) is 4.79 Å². The van der Waals surface area contributed by atoms with Gasteiger partial charge in [-0.05, 0) is 29.7 Å². The highest BCUT2D eigenvalue weighted by molar-refractivity contribution is 5.78. The van der Waals surface area contributed by atoms with Crippen molar-refractivity contribution in [2.45, 2.75) is 12.5 Å². The van der Waals surface area contributed by atoms with E-state index in [0.29, 0.717) is 32.6 Å². The van der Waals surface area contributed by atoms with Crippen molar-refractivity contribution < 1.29 is 9.90 Å². The van der Waals surface area contributed by atoms with Crippen LogP contribution >= 0.6 is 0 Å². The molecule has 0 bridgehead atoms. The summed E-state index contributed by atoms with van der Waals surface area (Å²) < 4.78 is 0. The number of hydrogen-bond acceptors (Lipinski definition) is 5. The number of rotatable bonds is 9. The minimum Gasteiger partial charge on any atom is -0.396 e. The number of pyridine rings is 1. The molecule has 3 aromatic rings. The first-order valence-electron chi connectivity index (χ1n) is 11.6. The number of carbonyl (C=O) groups is 1. The topological polar surface area (TPSA) is 59.9 Å². The molecule has 172 valence electrons. The lowest BCUT2D eigenvalue weighted by Gasteiger charge is -2.38. The summed E-state index contributed by atoms with van der Waals surface area (Å²) in [5.74, 6) is 1.09. The standard InChI is InChI=1S/C27H32N4O2/c32-21-9-16-31(27(23-10-3-1-4-11-23)24-12-5-2-6-13-24)22-26(33)30-19-17-29(18-20-30)25-14-7-8-15-28-25/h1-8,10-15,27,32H,9,16-22H2. The first kappa shape index (κ1) is 23.0. The fraction of sp³-hybridized carbons (Fsp3) is 0.333. The number of benzene rings is 2. The Morgan fingerprint density at radius 1 is 0.879 bits per heavy atom. The number of anilines is 1. The summed E-state index contributed by atoms with van der Waals surface area (Å²) in [5, 5.41) is 9.52. The van der Waals surface area contributed by atoms with Gasteiger partial charge in [0.15, 0.2) is 0 Å². The summed E-state index contributed by atoms with van der Waals surface area (Å²) in [5.41, 5.74) is 2.30. The van der Waals surface area contributed by atoms with Crippen LogP contribution in [0.15, 0.2) is 85.1 Å². The summed E-state index contributed by atoms with van der Waals surface area (Å²) in [6, 6.07) is 26.5. The Morgan fingerprint density at radius 2 is 1.48 bits per heavy atom. The van der Waals surface area contributed by atoms with Crippen LogP contribution in [0.25, 0.3) is 0 Å². The van der Waals surface area contributed by atoms with E-state index in [-0.39, 0.29) is 18.6 Å². The Labute approximate surface area is 196 Å². The molecule has 33 heavy (non-hydrogen) atoms. The molecular weight excluding hydrogens is 412 g/mol. The lowest BCUT2D eigenvalue weighted by atomic mass is 9.96. The Hall–Kier alpha value is -3.22. The molecule has 6 nitrogen and oxygen atoms in total. The largest absolute Gasteiger partial charge is 0.396 e. The smallest absolute Gasteiger partial charge is 0.236 e. The van der Waals surface area contributed by atoms with Gasteiger partial charge in [-0.1, -0.05) is 66.7 Å². The van der Waals surface area contributed by atoms with Crippen molar-refractivity contribution in [3.05, 3.63) is 96.2 Å². The van der Waals surface area contributed by atoms with Crippen LogP contribution in [0.4, 0.5) is 5.82 Å². The normalized spacial score (nSPS) is 14.2. The molecule has 6 heteroatoms. The molecule has 1 fully saturated rings. The van der Waals surface area contributed by atoms with Crippen LogP contribution in [-0.4, -0.2) is 71.7 Å². The Balaban J connectivity index is 1.49. The average molecular weight is 445 g/mol. The van der Waals surface area contributed by atoms with E-state index in [1.807, 2.05) is 59.5 Å². The summed E-state index contributed by atoms with van der Waals surface area (Å²) in [6.07, 6.45) is 2.43. The second-order valence-electron chi connectivity index (χ2n) is 8.33. The van der Waals surface area contributed by atoms with Gasteiger partial charge in [0.1, 0.15) is 5.82 Å². The first-order chi connectivity index (χ1) is 16.3. The van der Waals surface area contributed by atoms with Crippen LogP contribution in [0.2, 0.25) is 0 Å². The van der Waals surface area contributed by atoms with E-state index in [4.69, 9.17) is 0 Å². The fourth-order valence-corrected chi connectivity index (χ4v) is 4.46. The number of aromatic nitrogens is 1. The monoisotopic (exact) mass is 444 g/mol. The van der Waals surface area contributed by atoms with Crippen molar-refractivity contribution in [1.29, 1.82) is 0 Å². The third-order valence-corrected chi connectivity index (χ3v) is 6.14. The number of aliphatic hydroxyl groups is 1. The van der Waals surface area contributed by atoms with Crippen molar-refractivity contribution in [1.82, 2.24) is 14.8 Å². The molecular formula is C27H32N4O2. The van der Waals surface area contributed by atoms with Gasteiger partial charge in [-0.25, -0.2) is 4.98 Å². The van der Waals surface area contributed by atoms with E-state index < -0.39 is 0 Å². The lowest BCUT2D eigenvalue weighted by molar-refractivity contribution is -0.133. The zero-order chi connectivity index (χ0) is 22.9. The molecule has 0 radical (unpaired) electrons. The summed E-state index contributed by atoms with van der Waals surface area (Å²) in [4.78, 5) is 24.2. The van der Waals surface area contributed by atoms with Crippen molar-refractivity contribution >= 4 is 11.7 Å². The zero-order valence-corrected chi connectivity index (χ0v) is 19.0. The zero-order valence-electron chi connectivity index (χ0n) is 19.0. The second-order valence-corrected chi connectivity index (χ2v) is 8.33. The molecule has 1 aliphatic heterocycles. The van der Waals surface area contributed by atoms with E-state index >= 15 is 0 Å². The predicted octanol–water partition coefficient (Wildman–Crippen LogP) is 3.20. The summed E-state index contributed by atoms with van der Waals surface area (Å²) in [7, 11) is 0. The van der Waals surface area contributed by atoms with Crippen molar-refractivity contribution in [2.24, 2.45) is 0 Å². The first-order valence-corrected chi connectivity index (χ1v) is 11.6. The van der Waals surface area contributed by atoms with Crippen molar-refractivity contribution in [2.75, 3.05) is 50.8 Å². The number of amides is 1. The quantitative estimate of drug-likeness (QED) is 0.549. The number of aliphatic hydroxyl groups excluding tert-OH is 1. The molecule has 1 N–H and O–H groups in total. The maximum atomic E-state index is 13.4. The van der Waals surface area contributed by atoms with Gasteiger partial charge < -0.3 is 14.9 Å². The van der Waals surface area contributed by atoms with Crippen molar-refractivity contribution in [3.8, 4) is 0 Å². The van der Waals surface area contributed by atoms with E-state index in [2.05, 4.69) is 39.0 Å². The molecule has 1 saturated heterocycles. The number of nitrogens with zero attached hydrogens (tertiary/aromatic N) is 4. The molecule has 0 atom stereocenters. The Kier molecular flexibility index (Phi) is 8.06. The summed E-state index contributed by atoms with van der Waals surface area (Å²) in [6.45, 7) is 3.99. The molecule has 0 saturated carbocycles. The highest BCUT2D eigenvalue weighted by Gasteiger charge is 2.28. The molecule has 1 aliphatic rings. The molecule has 0 unspecified atom stereocenters. The molecule has 0 aliphatic carbocycles. The van der Waals surface area contributed by atoms with Crippen LogP contribution in [0.5, 0.6) is 0 Å². The molecule has 2 heterocycles. The minimum absolute atomic E-state index is 0.0438. The van der Waals surface area contributed by atoms with E-state index in [1.54, 1.807) is 6.20 Å². The van der Waals surface area contributed by atoms with Crippen LogP contribution < -0.4 is 4.90 Å². The lowest BCUT2D eigenvalue weighted by Crippen LogP contribution is -2.52. The van der Waals surface area contributed by atoms with E-state index in [1.165, 1.54) is 0 Å². The predicted molar refractivity (Wildman–Crippen MR) is 131 cm³/mol. The minimum atomic E-state index is -0.0438. The molecule has 1 amide bonds. The number of hydrogen-bond donors (Lipinski definition) is 1. The van der Waals surface area contributed by atoms with Gasteiger partial charge in [0.05, 0.1) is 12.6 Å². The maximum Gasteiger partial charge on any atom is 0.236 e. The molecule has 0 spiro atoms. The van der Waals surface area contributed by atoms with E-state index in [0.717, 1.165) is 30.0 Å². The third-order valence-electron chi connectivity index (χ3n) is 6.14. The van der Waals surface area contributed by atoms with Gasteiger partial charge in [0, 0.05) is 45.5 Å². The Morgan fingerprint density at radius 3 is 2.03 bits per heavy atom. The van der Waals surface area contributed by atoms with Gasteiger partial charge in [-0.2, -0.15) is 0 Å². The molecule has 4 rings (SSSR count). The van der Waals surface area contributed by atoms with Crippen molar-refractivity contribution in [3.63, 3.8) is 0 Å². The number of piperazine rings is 1. The number of carbonyl (C=O) groups excluding carboxylic acids is 1. The molecule has 1 aromatic heterocycles. The van der Waals surface area contributed by atoms with Gasteiger partial charge >= 0.3 is 0 Å². The fourth-order valence-electron chi connectivity index (χ4n) is 4.46. The summed E-state index contributed by atoms with van der Waals surface area (Å²) >= 11 is 0. The van der Waals surface area contributed by atoms with Gasteiger partial charge in [0.2, 0.25) is 5.91 Å². The van der Waals surface area contributed by atoms with E-state index in [9.17, 15) is 9.90 Å².